The normalized spacial score (nSPS) is 16.2. The van der Waals surface area contributed by atoms with Crippen molar-refractivity contribution in [2.24, 2.45) is 34.0 Å². The van der Waals surface area contributed by atoms with Crippen molar-refractivity contribution < 1.29 is 24.3 Å². The maximum Gasteiger partial charge on any atom is 0.326 e. The summed E-state index contributed by atoms with van der Waals surface area (Å²) in [4.78, 5) is 53.9. The Kier molecular flexibility index (Phi) is 14.9. The van der Waals surface area contributed by atoms with Crippen molar-refractivity contribution in [3.05, 3.63) is 0 Å². The Morgan fingerprint density at radius 3 is 1.91 bits per heavy atom. The molecular formula is C21H41N7O5S. The molecule has 0 saturated heterocycles. The van der Waals surface area contributed by atoms with Crippen molar-refractivity contribution in [3.63, 3.8) is 0 Å². The molecule has 12 nitrogen and oxygen atoms in total. The molecule has 196 valence electrons. The lowest BCUT2D eigenvalue weighted by Crippen LogP contribution is -2.59. The summed E-state index contributed by atoms with van der Waals surface area (Å²) in [6.07, 6.45) is 1.66. The molecule has 0 aliphatic heterocycles. The number of carbonyl (C=O) groups is 4. The molecule has 0 saturated carbocycles. The molecule has 0 bridgehead atoms. The van der Waals surface area contributed by atoms with Gasteiger partial charge >= 0.3 is 5.97 Å². The van der Waals surface area contributed by atoms with Crippen LogP contribution in [0.5, 0.6) is 0 Å². The summed E-state index contributed by atoms with van der Waals surface area (Å²) in [7, 11) is 0. The highest BCUT2D eigenvalue weighted by molar-refractivity contribution is 7.80. The molecule has 6 atom stereocenters. The molecule has 0 rings (SSSR count). The van der Waals surface area contributed by atoms with Gasteiger partial charge in [0.15, 0.2) is 5.96 Å². The molecule has 34 heavy (non-hydrogen) atoms. The molecule has 0 aliphatic carbocycles. The average Bonchev–Trinajstić information content (AvgIpc) is 2.80. The zero-order valence-electron chi connectivity index (χ0n) is 20.4. The van der Waals surface area contributed by atoms with E-state index in [1.54, 1.807) is 13.8 Å². The molecular weight excluding hydrogens is 462 g/mol. The summed E-state index contributed by atoms with van der Waals surface area (Å²) in [6, 6.07) is -4.02. The lowest BCUT2D eigenvalue weighted by Gasteiger charge is -2.29. The molecule has 3 amide bonds. The third kappa shape index (κ3) is 11.1. The van der Waals surface area contributed by atoms with E-state index in [4.69, 9.17) is 17.2 Å². The summed E-state index contributed by atoms with van der Waals surface area (Å²) in [5.41, 5.74) is 16.3. The lowest BCUT2D eigenvalue weighted by molar-refractivity contribution is -0.144. The quantitative estimate of drug-likeness (QED) is 0.0560. The lowest BCUT2D eigenvalue weighted by atomic mass is 9.95. The second-order valence-corrected chi connectivity index (χ2v) is 8.75. The predicted octanol–water partition coefficient (Wildman–Crippen LogP) is -1.07. The van der Waals surface area contributed by atoms with E-state index >= 15 is 0 Å². The number of carbonyl (C=O) groups excluding carboxylic acids is 3. The van der Waals surface area contributed by atoms with Gasteiger partial charge in [-0.1, -0.05) is 40.5 Å². The highest BCUT2D eigenvalue weighted by atomic mass is 32.1. The van der Waals surface area contributed by atoms with Crippen molar-refractivity contribution >= 4 is 42.3 Å². The van der Waals surface area contributed by atoms with E-state index < -0.39 is 47.9 Å². The molecule has 0 aromatic heterocycles. The van der Waals surface area contributed by atoms with Crippen LogP contribution < -0.4 is 33.2 Å². The summed E-state index contributed by atoms with van der Waals surface area (Å²) >= 11 is 4.00. The fourth-order valence-electron chi connectivity index (χ4n) is 3.02. The molecule has 0 heterocycles. The van der Waals surface area contributed by atoms with Crippen LogP contribution in [-0.4, -0.2) is 71.2 Å². The van der Waals surface area contributed by atoms with Gasteiger partial charge in [-0.25, -0.2) is 4.79 Å². The SMILES string of the molecule is CCC(C)C(NC(=O)C(NC(=O)C(CCCN=C(N)N)NC(=O)C(N)CS)C(C)CC)C(=O)O. The molecule has 13 heteroatoms. The van der Waals surface area contributed by atoms with Gasteiger partial charge in [-0.3, -0.25) is 19.4 Å². The van der Waals surface area contributed by atoms with Crippen LogP contribution >= 0.6 is 12.6 Å². The van der Waals surface area contributed by atoms with Crippen molar-refractivity contribution in [1.82, 2.24) is 16.0 Å². The van der Waals surface area contributed by atoms with Crippen LogP contribution in [0.1, 0.15) is 53.4 Å². The van der Waals surface area contributed by atoms with Gasteiger partial charge in [0.1, 0.15) is 18.1 Å². The maximum atomic E-state index is 13.1. The van der Waals surface area contributed by atoms with Gasteiger partial charge in [0.25, 0.3) is 0 Å². The summed E-state index contributed by atoms with van der Waals surface area (Å²) in [5, 5.41) is 17.3. The van der Waals surface area contributed by atoms with E-state index in [0.29, 0.717) is 19.3 Å². The van der Waals surface area contributed by atoms with Gasteiger partial charge in [0.05, 0.1) is 6.04 Å². The Labute approximate surface area is 206 Å². The number of aliphatic imine (C=N–C) groups is 1. The number of nitrogens with zero attached hydrogens (tertiary/aromatic N) is 1. The van der Waals surface area contributed by atoms with Gasteiger partial charge in [-0.15, -0.1) is 0 Å². The van der Waals surface area contributed by atoms with E-state index in [-0.39, 0.29) is 36.5 Å². The Morgan fingerprint density at radius 2 is 1.44 bits per heavy atom. The van der Waals surface area contributed by atoms with Crippen molar-refractivity contribution in [2.75, 3.05) is 12.3 Å². The molecule has 0 aliphatic rings. The maximum absolute atomic E-state index is 13.1. The fourth-order valence-corrected chi connectivity index (χ4v) is 3.18. The Balaban J connectivity index is 5.63. The number of guanidine groups is 1. The minimum atomic E-state index is -1.15. The van der Waals surface area contributed by atoms with E-state index in [2.05, 4.69) is 33.6 Å². The molecule has 6 unspecified atom stereocenters. The number of carboxylic acid groups (broad SMARTS) is 1. The third-order valence-corrected chi connectivity index (χ3v) is 6.08. The van der Waals surface area contributed by atoms with Gasteiger partial charge < -0.3 is 38.3 Å². The number of nitrogens with two attached hydrogens (primary N) is 3. The number of hydrogen-bond acceptors (Lipinski definition) is 7. The molecule has 10 N–H and O–H groups in total. The minimum Gasteiger partial charge on any atom is -0.480 e. The fraction of sp³-hybridized carbons (Fsp3) is 0.762. The first kappa shape index (κ1) is 31.5. The van der Waals surface area contributed by atoms with Gasteiger partial charge in [0.2, 0.25) is 17.7 Å². The molecule has 0 aromatic rings. The Hall–Kier alpha value is -2.54. The first-order valence-electron chi connectivity index (χ1n) is 11.4. The molecule has 0 fully saturated rings. The predicted molar refractivity (Wildman–Crippen MR) is 134 cm³/mol. The van der Waals surface area contributed by atoms with Crippen LogP contribution in [0.15, 0.2) is 4.99 Å². The van der Waals surface area contributed by atoms with Crippen molar-refractivity contribution in [1.29, 1.82) is 0 Å². The summed E-state index contributed by atoms with van der Waals surface area (Å²) in [6.45, 7) is 7.41. The highest BCUT2D eigenvalue weighted by Crippen LogP contribution is 2.13. The molecule has 0 spiro atoms. The van der Waals surface area contributed by atoms with E-state index in [1.807, 2.05) is 13.8 Å². The van der Waals surface area contributed by atoms with E-state index in [1.165, 1.54) is 0 Å². The van der Waals surface area contributed by atoms with E-state index in [9.17, 15) is 24.3 Å². The Bertz CT molecular complexity index is 718. The zero-order valence-corrected chi connectivity index (χ0v) is 21.3. The van der Waals surface area contributed by atoms with Crippen molar-refractivity contribution in [3.8, 4) is 0 Å². The number of nitrogens with one attached hydrogen (secondary N) is 3. The first-order chi connectivity index (χ1) is 15.9. The second-order valence-electron chi connectivity index (χ2n) is 8.38. The summed E-state index contributed by atoms with van der Waals surface area (Å²) < 4.78 is 0. The van der Waals surface area contributed by atoms with Crippen LogP contribution in [0, 0.1) is 11.8 Å². The number of thiol groups is 1. The Morgan fingerprint density at radius 1 is 0.912 bits per heavy atom. The average molecular weight is 504 g/mol. The highest BCUT2D eigenvalue weighted by Gasteiger charge is 2.33. The number of rotatable bonds is 16. The van der Waals surface area contributed by atoms with Gasteiger partial charge in [-0.05, 0) is 24.7 Å². The second kappa shape index (κ2) is 16.1. The van der Waals surface area contributed by atoms with Gasteiger partial charge in [0, 0.05) is 12.3 Å². The number of hydrogen-bond donors (Lipinski definition) is 8. The van der Waals surface area contributed by atoms with Crippen LogP contribution in [0.25, 0.3) is 0 Å². The monoisotopic (exact) mass is 503 g/mol. The number of aliphatic carboxylic acids is 1. The number of amides is 3. The molecule has 0 aromatic carbocycles. The topological polar surface area (TPSA) is 215 Å². The molecule has 0 radical (unpaired) electrons. The smallest absolute Gasteiger partial charge is 0.326 e. The third-order valence-electron chi connectivity index (χ3n) is 5.68. The minimum absolute atomic E-state index is 0.0816. The van der Waals surface area contributed by atoms with Crippen molar-refractivity contribution in [2.45, 2.75) is 77.5 Å². The van der Waals surface area contributed by atoms with Gasteiger partial charge in [-0.2, -0.15) is 12.6 Å². The zero-order chi connectivity index (χ0) is 26.4. The number of carboxylic acids is 1. The van der Waals surface area contributed by atoms with Crippen LogP contribution in [0.2, 0.25) is 0 Å². The van der Waals surface area contributed by atoms with Crippen LogP contribution in [-0.2, 0) is 19.2 Å². The first-order valence-corrected chi connectivity index (χ1v) is 12.1. The van der Waals surface area contributed by atoms with E-state index in [0.717, 1.165) is 0 Å². The summed E-state index contributed by atoms with van der Waals surface area (Å²) in [5.74, 6) is -3.53. The van der Waals surface area contributed by atoms with Crippen LogP contribution in [0.3, 0.4) is 0 Å². The van der Waals surface area contributed by atoms with Crippen LogP contribution in [0.4, 0.5) is 0 Å². The standard InChI is InChI=1S/C21H41N7O5S/c1-5-11(3)15(19(31)28-16(20(32)33)12(4)6-2)27-18(30)14(8-7-9-25-21(23)24)26-17(29)13(22)10-34/h11-16,34H,5-10,22H2,1-4H3,(H,26,29)(H,27,30)(H,28,31)(H,32,33)(H4,23,24,25). The largest absolute Gasteiger partial charge is 0.480 e.